The smallest absolute Gasteiger partial charge is 0.120 e. The maximum Gasteiger partial charge on any atom is 0.120 e. The Labute approximate surface area is 79.5 Å². The summed E-state index contributed by atoms with van der Waals surface area (Å²) in [6.45, 7) is 0. The normalized spacial score (nSPS) is 43.9. The van der Waals surface area contributed by atoms with E-state index >= 15 is 0 Å². The molecule has 0 aromatic carbocycles. The Hall–Kier alpha value is -0.990. The summed E-state index contributed by atoms with van der Waals surface area (Å²) < 4.78 is 0. The van der Waals surface area contributed by atoms with Gasteiger partial charge in [0.1, 0.15) is 5.41 Å². The summed E-state index contributed by atoms with van der Waals surface area (Å²) in [6.07, 6.45) is 9.62. The van der Waals surface area contributed by atoms with E-state index in [1.807, 2.05) is 0 Å². The second-order valence-electron chi connectivity index (χ2n) is 4.30. The van der Waals surface area contributed by atoms with Crippen LogP contribution < -0.4 is 0 Å². The monoisotopic (exact) mass is 174 g/mol. The van der Waals surface area contributed by atoms with E-state index in [0.717, 1.165) is 12.8 Å². The van der Waals surface area contributed by atoms with E-state index in [-0.39, 0.29) is 0 Å². The Balaban J connectivity index is 2.25. The summed E-state index contributed by atoms with van der Waals surface area (Å²) >= 11 is 0. The third-order valence-electron chi connectivity index (χ3n) is 3.64. The van der Waals surface area contributed by atoms with Crippen LogP contribution in [0.25, 0.3) is 0 Å². The second-order valence-corrected chi connectivity index (χ2v) is 4.30. The van der Waals surface area contributed by atoms with Gasteiger partial charge in [-0.3, -0.25) is 0 Å². The van der Waals surface area contributed by atoms with Gasteiger partial charge in [0.15, 0.2) is 0 Å². The van der Waals surface area contributed by atoms with Gasteiger partial charge in [0.2, 0.25) is 0 Å². The highest BCUT2D eigenvalue weighted by Crippen LogP contribution is 2.43. The van der Waals surface area contributed by atoms with Crippen molar-refractivity contribution in [3.8, 4) is 18.4 Å². The average Bonchev–Trinajstić information content (AvgIpc) is 2.43. The number of piperidine rings is 1. The summed E-state index contributed by atoms with van der Waals surface area (Å²) in [7, 11) is 2.15. The molecule has 0 N–H and O–H groups in total. The van der Waals surface area contributed by atoms with E-state index in [4.69, 9.17) is 11.7 Å². The quantitative estimate of drug-likeness (QED) is 0.519. The van der Waals surface area contributed by atoms with Crippen molar-refractivity contribution in [2.24, 2.45) is 5.41 Å². The fourth-order valence-electron chi connectivity index (χ4n) is 2.71. The van der Waals surface area contributed by atoms with Crippen LogP contribution in [0, 0.1) is 29.1 Å². The first-order valence-corrected chi connectivity index (χ1v) is 4.82. The predicted molar refractivity (Wildman–Crippen MR) is 50.7 cm³/mol. The molecule has 2 bridgehead atoms. The highest BCUT2D eigenvalue weighted by molar-refractivity contribution is 5.23. The molecule has 13 heavy (non-hydrogen) atoms. The van der Waals surface area contributed by atoms with Gasteiger partial charge >= 0.3 is 0 Å². The fourth-order valence-corrected chi connectivity index (χ4v) is 2.71. The zero-order chi connectivity index (χ0) is 9.47. The highest BCUT2D eigenvalue weighted by atomic mass is 15.2. The van der Waals surface area contributed by atoms with Gasteiger partial charge in [-0.15, -0.1) is 6.42 Å². The third kappa shape index (κ3) is 1.14. The Kier molecular flexibility index (Phi) is 1.82. The Morgan fingerprint density at radius 2 is 1.92 bits per heavy atom. The minimum atomic E-state index is -0.460. The molecule has 2 aliphatic rings. The molecule has 0 radical (unpaired) electrons. The minimum Gasteiger partial charge on any atom is -0.300 e. The maximum absolute atomic E-state index is 9.08. The zero-order valence-corrected chi connectivity index (χ0v) is 7.95. The van der Waals surface area contributed by atoms with Crippen LogP contribution in [-0.2, 0) is 0 Å². The second kappa shape index (κ2) is 2.76. The molecule has 2 fully saturated rings. The number of fused-ring (bicyclic) bond motifs is 2. The molecule has 0 amide bonds. The Morgan fingerprint density at radius 3 is 2.31 bits per heavy atom. The van der Waals surface area contributed by atoms with Gasteiger partial charge in [0.25, 0.3) is 0 Å². The van der Waals surface area contributed by atoms with E-state index < -0.39 is 5.41 Å². The molecule has 68 valence electrons. The summed E-state index contributed by atoms with van der Waals surface area (Å²) in [5.74, 6) is 2.70. The van der Waals surface area contributed by atoms with Gasteiger partial charge in [-0.1, -0.05) is 5.92 Å². The van der Waals surface area contributed by atoms with E-state index in [1.165, 1.54) is 12.8 Å². The van der Waals surface area contributed by atoms with Crippen LogP contribution in [0.2, 0.25) is 0 Å². The molecular formula is C11H14N2. The van der Waals surface area contributed by atoms with E-state index in [2.05, 4.69) is 23.9 Å². The number of hydrogen-bond donors (Lipinski definition) is 0. The summed E-state index contributed by atoms with van der Waals surface area (Å²) in [4.78, 5) is 2.40. The van der Waals surface area contributed by atoms with Gasteiger partial charge in [-0.25, -0.2) is 0 Å². The van der Waals surface area contributed by atoms with Crippen molar-refractivity contribution in [2.45, 2.75) is 37.8 Å². The standard InChI is InChI=1S/C11H14N2/c1-3-11(8-12)6-9-4-5-10(7-11)13(9)2/h1,9-10H,4-7H2,2H3. The molecule has 0 aromatic rings. The van der Waals surface area contributed by atoms with Crippen LogP contribution in [0.4, 0.5) is 0 Å². The Bertz CT molecular complexity index is 264. The van der Waals surface area contributed by atoms with Crippen molar-refractivity contribution in [1.82, 2.24) is 4.90 Å². The van der Waals surface area contributed by atoms with Crippen LogP contribution in [-0.4, -0.2) is 24.0 Å². The molecule has 2 nitrogen and oxygen atoms in total. The van der Waals surface area contributed by atoms with Crippen molar-refractivity contribution in [2.75, 3.05) is 7.05 Å². The number of nitriles is 1. The van der Waals surface area contributed by atoms with Crippen molar-refractivity contribution in [3.05, 3.63) is 0 Å². The molecule has 2 saturated heterocycles. The molecule has 0 aliphatic carbocycles. The molecule has 2 heterocycles. The first-order valence-electron chi connectivity index (χ1n) is 4.82. The van der Waals surface area contributed by atoms with Gasteiger partial charge in [0, 0.05) is 12.1 Å². The third-order valence-corrected chi connectivity index (χ3v) is 3.64. The van der Waals surface area contributed by atoms with Gasteiger partial charge in [-0.05, 0) is 32.7 Å². The van der Waals surface area contributed by atoms with E-state index in [0.29, 0.717) is 12.1 Å². The lowest BCUT2D eigenvalue weighted by atomic mass is 9.77. The fraction of sp³-hybridized carbons (Fsp3) is 0.727. The molecule has 2 atom stereocenters. The van der Waals surface area contributed by atoms with E-state index in [9.17, 15) is 0 Å². The largest absolute Gasteiger partial charge is 0.300 e. The molecule has 0 spiro atoms. The topological polar surface area (TPSA) is 27.0 Å². The summed E-state index contributed by atoms with van der Waals surface area (Å²) in [6, 6.07) is 3.43. The van der Waals surface area contributed by atoms with Gasteiger partial charge in [-0.2, -0.15) is 5.26 Å². The van der Waals surface area contributed by atoms with Crippen LogP contribution in [0.3, 0.4) is 0 Å². The molecule has 2 heteroatoms. The van der Waals surface area contributed by atoms with Gasteiger partial charge in [0.05, 0.1) is 6.07 Å². The summed E-state index contributed by atoms with van der Waals surface area (Å²) in [5, 5.41) is 9.08. The SMILES string of the molecule is C#CC1(C#N)CC2CCC(C1)N2C. The first-order chi connectivity index (χ1) is 6.21. The predicted octanol–water partition coefficient (Wildman–Crippen LogP) is 1.39. The van der Waals surface area contributed by atoms with Crippen molar-refractivity contribution in [3.63, 3.8) is 0 Å². The zero-order valence-electron chi connectivity index (χ0n) is 7.95. The molecule has 2 rings (SSSR count). The minimum absolute atomic E-state index is 0.460. The first kappa shape index (κ1) is 8.60. The lowest BCUT2D eigenvalue weighted by Crippen LogP contribution is -2.44. The lowest BCUT2D eigenvalue weighted by Gasteiger charge is -2.38. The molecular weight excluding hydrogens is 160 g/mol. The number of terminal acetylenes is 1. The van der Waals surface area contributed by atoms with Gasteiger partial charge < -0.3 is 4.90 Å². The van der Waals surface area contributed by atoms with E-state index in [1.54, 1.807) is 0 Å². The maximum atomic E-state index is 9.08. The lowest BCUT2D eigenvalue weighted by molar-refractivity contribution is 0.127. The van der Waals surface area contributed by atoms with Crippen molar-refractivity contribution in [1.29, 1.82) is 5.26 Å². The molecule has 0 aromatic heterocycles. The van der Waals surface area contributed by atoms with Crippen LogP contribution in [0.15, 0.2) is 0 Å². The van der Waals surface area contributed by atoms with Crippen molar-refractivity contribution >= 4 is 0 Å². The molecule has 0 saturated carbocycles. The van der Waals surface area contributed by atoms with Crippen LogP contribution in [0.5, 0.6) is 0 Å². The Morgan fingerprint density at radius 1 is 1.38 bits per heavy atom. The number of hydrogen-bond acceptors (Lipinski definition) is 2. The molecule has 2 unspecified atom stereocenters. The number of rotatable bonds is 0. The molecule has 2 aliphatic heterocycles. The highest BCUT2D eigenvalue weighted by Gasteiger charge is 2.46. The van der Waals surface area contributed by atoms with Crippen LogP contribution >= 0.6 is 0 Å². The van der Waals surface area contributed by atoms with Crippen LogP contribution in [0.1, 0.15) is 25.7 Å². The van der Waals surface area contributed by atoms with Crippen molar-refractivity contribution < 1.29 is 0 Å². The number of nitrogens with zero attached hydrogens (tertiary/aromatic N) is 2. The average molecular weight is 174 g/mol. The summed E-state index contributed by atoms with van der Waals surface area (Å²) in [5.41, 5.74) is -0.460.